The first-order valence-electron chi connectivity index (χ1n) is 8.66. The third-order valence-electron chi connectivity index (χ3n) is 4.91. The van der Waals surface area contributed by atoms with Gasteiger partial charge in [-0.2, -0.15) is 0 Å². The fourth-order valence-corrected chi connectivity index (χ4v) is 4.59. The van der Waals surface area contributed by atoms with Crippen LogP contribution in [0, 0.1) is 5.92 Å². The van der Waals surface area contributed by atoms with E-state index in [0.717, 1.165) is 6.42 Å². The molecule has 1 saturated heterocycles. The summed E-state index contributed by atoms with van der Waals surface area (Å²) in [7, 11) is -3.00. The number of rotatable bonds is 5. The Morgan fingerprint density at radius 3 is 2.35 bits per heavy atom. The molecule has 132 valence electrons. The Morgan fingerprint density at radius 2 is 1.74 bits per heavy atom. The Balaban J connectivity index is 1.71. The number of nitrogens with zero attached hydrogens (tertiary/aromatic N) is 1. The summed E-state index contributed by atoms with van der Waals surface area (Å²) in [4.78, 5) is 25.8. The molecule has 1 aliphatic carbocycles. The minimum Gasteiger partial charge on any atom is -0.345 e. The van der Waals surface area contributed by atoms with Crippen molar-refractivity contribution in [2.45, 2.75) is 57.9 Å². The highest BCUT2D eigenvalue weighted by Crippen LogP contribution is 2.27. The molecular weight excluding hydrogens is 316 g/mol. The third-order valence-corrected chi connectivity index (χ3v) is 6.52. The number of carbonyl (C=O) groups is 2. The summed E-state index contributed by atoms with van der Waals surface area (Å²) >= 11 is 0. The van der Waals surface area contributed by atoms with E-state index in [1.54, 1.807) is 6.92 Å². The minimum absolute atomic E-state index is 0.0150. The van der Waals surface area contributed by atoms with Gasteiger partial charge in [0, 0.05) is 19.5 Å². The maximum atomic E-state index is 12.3. The largest absolute Gasteiger partial charge is 0.345 e. The molecule has 0 aromatic carbocycles. The molecule has 1 saturated carbocycles. The second-order valence-electron chi connectivity index (χ2n) is 6.81. The van der Waals surface area contributed by atoms with Gasteiger partial charge < -0.3 is 10.2 Å². The van der Waals surface area contributed by atoms with Gasteiger partial charge in [0.2, 0.25) is 11.8 Å². The van der Waals surface area contributed by atoms with Crippen molar-refractivity contribution >= 4 is 21.7 Å². The van der Waals surface area contributed by atoms with Gasteiger partial charge in [-0.15, -0.1) is 0 Å². The monoisotopic (exact) mass is 344 g/mol. The van der Waals surface area contributed by atoms with Crippen molar-refractivity contribution in [1.29, 1.82) is 0 Å². The first kappa shape index (κ1) is 18.2. The number of sulfone groups is 1. The van der Waals surface area contributed by atoms with Crippen LogP contribution in [0.5, 0.6) is 0 Å². The number of carbonyl (C=O) groups excluding carboxylic acids is 2. The van der Waals surface area contributed by atoms with E-state index < -0.39 is 15.9 Å². The smallest absolute Gasteiger partial charge is 0.244 e. The summed E-state index contributed by atoms with van der Waals surface area (Å²) in [5.41, 5.74) is 0. The topological polar surface area (TPSA) is 83.6 Å². The Labute approximate surface area is 138 Å². The first-order chi connectivity index (χ1) is 10.9. The Bertz CT molecular complexity index is 512. The van der Waals surface area contributed by atoms with Crippen LogP contribution in [-0.4, -0.2) is 55.8 Å². The molecule has 2 amide bonds. The van der Waals surface area contributed by atoms with E-state index in [0.29, 0.717) is 12.3 Å². The lowest BCUT2D eigenvalue weighted by atomic mass is 9.86. The average Bonchev–Trinajstić information content (AvgIpc) is 2.53. The van der Waals surface area contributed by atoms with Gasteiger partial charge in [0.25, 0.3) is 0 Å². The van der Waals surface area contributed by atoms with Gasteiger partial charge in [-0.3, -0.25) is 9.59 Å². The Morgan fingerprint density at radius 1 is 1.13 bits per heavy atom. The Hall–Kier alpha value is -1.11. The average molecular weight is 344 g/mol. The van der Waals surface area contributed by atoms with E-state index in [4.69, 9.17) is 0 Å². The number of hydrogen-bond donors (Lipinski definition) is 1. The van der Waals surface area contributed by atoms with Gasteiger partial charge >= 0.3 is 0 Å². The second kappa shape index (κ2) is 8.13. The molecule has 0 aromatic heterocycles. The van der Waals surface area contributed by atoms with Crippen LogP contribution in [0.4, 0.5) is 0 Å². The predicted molar refractivity (Wildman–Crippen MR) is 88.6 cm³/mol. The molecule has 23 heavy (non-hydrogen) atoms. The summed E-state index contributed by atoms with van der Waals surface area (Å²) in [6.07, 6.45) is 7.62. The lowest BCUT2D eigenvalue weighted by Gasteiger charge is -2.29. The first-order valence-corrected chi connectivity index (χ1v) is 10.5. The van der Waals surface area contributed by atoms with E-state index in [9.17, 15) is 18.0 Å². The van der Waals surface area contributed by atoms with E-state index in [1.807, 2.05) is 0 Å². The van der Waals surface area contributed by atoms with E-state index in [2.05, 4.69) is 5.32 Å². The molecule has 1 aliphatic heterocycles. The molecule has 0 bridgehead atoms. The quantitative estimate of drug-likeness (QED) is 0.810. The highest BCUT2D eigenvalue weighted by atomic mass is 32.2. The standard InChI is InChI=1S/C16H28N2O4S/c1-13(16(20)18-9-11-23(21,22)12-10-18)17-15(19)8-7-14-5-3-2-4-6-14/h13-14H,2-12H2,1H3,(H,17,19)/t13-/m0/s1. The molecule has 2 aliphatic rings. The van der Waals surface area contributed by atoms with Crippen molar-refractivity contribution < 1.29 is 18.0 Å². The van der Waals surface area contributed by atoms with Crippen molar-refractivity contribution in [3.63, 3.8) is 0 Å². The van der Waals surface area contributed by atoms with Crippen molar-refractivity contribution in [1.82, 2.24) is 10.2 Å². The molecule has 6 nitrogen and oxygen atoms in total. The second-order valence-corrected chi connectivity index (χ2v) is 9.11. The third kappa shape index (κ3) is 5.79. The van der Waals surface area contributed by atoms with Crippen molar-refractivity contribution in [3.05, 3.63) is 0 Å². The summed E-state index contributed by atoms with van der Waals surface area (Å²) in [5.74, 6) is 0.405. The molecule has 0 spiro atoms. The van der Waals surface area contributed by atoms with Crippen LogP contribution in [0.2, 0.25) is 0 Å². The van der Waals surface area contributed by atoms with Crippen LogP contribution in [0.15, 0.2) is 0 Å². The van der Waals surface area contributed by atoms with E-state index >= 15 is 0 Å². The molecule has 7 heteroatoms. The molecular formula is C16H28N2O4S. The van der Waals surface area contributed by atoms with Crippen molar-refractivity contribution in [2.24, 2.45) is 5.92 Å². The summed E-state index contributed by atoms with van der Waals surface area (Å²) in [6, 6.07) is -0.588. The summed E-state index contributed by atoms with van der Waals surface area (Å²) in [5, 5.41) is 2.76. The fraction of sp³-hybridized carbons (Fsp3) is 0.875. The Kier molecular flexibility index (Phi) is 6.44. The SMILES string of the molecule is C[C@H](NC(=O)CCC1CCCCC1)C(=O)N1CCS(=O)(=O)CC1. The van der Waals surface area contributed by atoms with Gasteiger partial charge in [0.05, 0.1) is 11.5 Å². The zero-order valence-electron chi connectivity index (χ0n) is 13.9. The zero-order valence-corrected chi connectivity index (χ0v) is 14.7. The van der Waals surface area contributed by atoms with E-state index in [1.165, 1.54) is 37.0 Å². The summed E-state index contributed by atoms with van der Waals surface area (Å²) < 4.78 is 22.8. The van der Waals surface area contributed by atoms with E-state index in [-0.39, 0.29) is 36.4 Å². The van der Waals surface area contributed by atoms with Gasteiger partial charge in [-0.1, -0.05) is 32.1 Å². The molecule has 1 atom stereocenters. The summed E-state index contributed by atoms with van der Waals surface area (Å²) in [6.45, 7) is 2.12. The normalized spacial score (nSPS) is 23.3. The molecule has 1 N–H and O–H groups in total. The molecule has 0 unspecified atom stereocenters. The maximum absolute atomic E-state index is 12.3. The highest BCUT2D eigenvalue weighted by molar-refractivity contribution is 7.91. The van der Waals surface area contributed by atoms with Crippen LogP contribution < -0.4 is 5.32 Å². The van der Waals surface area contributed by atoms with Crippen LogP contribution >= 0.6 is 0 Å². The van der Waals surface area contributed by atoms with Gasteiger partial charge in [-0.25, -0.2) is 8.42 Å². The maximum Gasteiger partial charge on any atom is 0.244 e. The molecule has 0 radical (unpaired) electrons. The lowest BCUT2D eigenvalue weighted by Crippen LogP contribution is -2.51. The lowest BCUT2D eigenvalue weighted by molar-refractivity contribution is -0.135. The minimum atomic E-state index is -3.00. The number of nitrogens with one attached hydrogen (secondary N) is 1. The van der Waals surface area contributed by atoms with Gasteiger partial charge in [-0.05, 0) is 19.3 Å². The van der Waals surface area contributed by atoms with Gasteiger partial charge in [0.15, 0.2) is 9.84 Å². The molecule has 0 aromatic rings. The zero-order chi connectivity index (χ0) is 16.9. The molecule has 1 heterocycles. The van der Waals surface area contributed by atoms with Crippen LogP contribution in [-0.2, 0) is 19.4 Å². The molecule has 2 rings (SSSR count). The van der Waals surface area contributed by atoms with Crippen LogP contribution in [0.3, 0.4) is 0 Å². The van der Waals surface area contributed by atoms with Crippen LogP contribution in [0.1, 0.15) is 51.9 Å². The number of amides is 2. The van der Waals surface area contributed by atoms with Crippen molar-refractivity contribution in [3.8, 4) is 0 Å². The van der Waals surface area contributed by atoms with Crippen LogP contribution in [0.25, 0.3) is 0 Å². The fourth-order valence-electron chi connectivity index (χ4n) is 3.39. The molecule has 2 fully saturated rings. The highest BCUT2D eigenvalue weighted by Gasteiger charge is 2.28. The number of hydrogen-bond acceptors (Lipinski definition) is 4. The predicted octanol–water partition coefficient (Wildman–Crippen LogP) is 1.11. The van der Waals surface area contributed by atoms with Gasteiger partial charge in [0.1, 0.15) is 6.04 Å². The van der Waals surface area contributed by atoms with Crippen molar-refractivity contribution in [2.75, 3.05) is 24.6 Å².